The minimum Gasteiger partial charge on any atom is -0.392 e. The Labute approximate surface area is 123 Å². The average Bonchev–Trinajstić information content (AvgIpc) is 2.42. The van der Waals surface area contributed by atoms with Gasteiger partial charge in [0, 0.05) is 0 Å². The molecule has 2 N–H and O–H groups in total. The summed E-state index contributed by atoms with van der Waals surface area (Å²) in [4.78, 5) is 0.0222. The molecule has 0 amide bonds. The van der Waals surface area contributed by atoms with Crippen LogP contribution in [0.15, 0.2) is 41.3 Å². The van der Waals surface area contributed by atoms with E-state index in [1.807, 2.05) is 0 Å². The van der Waals surface area contributed by atoms with Gasteiger partial charge in [0.25, 0.3) is 10.0 Å². The molecule has 0 bridgehead atoms. The highest BCUT2D eigenvalue weighted by atomic mass is 32.2. The van der Waals surface area contributed by atoms with E-state index in [1.54, 1.807) is 32.0 Å². The molecule has 0 aliphatic carbocycles. The summed E-state index contributed by atoms with van der Waals surface area (Å²) >= 11 is 0. The van der Waals surface area contributed by atoms with E-state index in [0.29, 0.717) is 16.7 Å². The van der Waals surface area contributed by atoms with Gasteiger partial charge in [-0.15, -0.1) is 0 Å². The van der Waals surface area contributed by atoms with Gasteiger partial charge >= 0.3 is 0 Å². The van der Waals surface area contributed by atoms with Crippen LogP contribution in [0.5, 0.6) is 0 Å². The minimum absolute atomic E-state index is 0.0222. The van der Waals surface area contributed by atoms with Crippen LogP contribution < -0.4 is 4.72 Å². The van der Waals surface area contributed by atoms with Crippen LogP contribution in [0.2, 0.25) is 0 Å². The summed E-state index contributed by atoms with van der Waals surface area (Å²) in [6, 6.07) is 8.89. The fourth-order valence-corrected chi connectivity index (χ4v) is 3.30. The van der Waals surface area contributed by atoms with Gasteiger partial charge in [-0.2, -0.15) is 0 Å². The van der Waals surface area contributed by atoms with Crippen LogP contribution in [-0.4, -0.2) is 13.5 Å². The molecular weight excluding hydrogens is 293 g/mol. The third-order valence-electron chi connectivity index (χ3n) is 3.09. The second-order valence-corrected chi connectivity index (χ2v) is 6.50. The monoisotopic (exact) mass is 309 g/mol. The van der Waals surface area contributed by atoms with E-state index >= 15 is 0 Å². The Morgan fingerprint density at radius 2 is 1.86 bits per heavy atom. The van der Waals surface area contributed by atoms with E-state index in [0.717, 1.165) is 0 Å². The van der Waals surface area contributed by atoms with Crippen LogP contribution in [0.1, 0.15) is 16.7 Å². The predicted molar refractivity (Wildman–Crippen MR) is 79.0 cm³/mol. The summed E-state index contributed by atoms with van der Waals surface area (Å²) < 4.78 is 40.7. The Bertz CT molecular complexity index is 772. The Kier molecular flexibility index (Phi) is 4.29. The summed E-state index contributed by atoms with van der Waals surface area (Å²) in [6.07, 6.45) is 0. The molecule has 0 fully saturated rings. The number of halogens is 1. The maximum atomic E-state index is 13.8. The van der Waals surface area contributed by atoms with Crippen LogP contribution in [0.25, 0.3) is 0 Å². The van der Waals surface area contributed by atoms with Crippen molar-refractivity contribution in [3.8, 4) is 0 Å². The van der Waals surface area contributed by atoms with Crippen LogP contribution in [0, 0.1) is 19.7 Å². The van der Waals surface area contributed by atoms with Crippen LogP contribution in [0.4, 0.5) is 10.1 Å². The van der Waals surface area contributed by atoms with Gasteiger partial charge < -0.3 is 5.11 Å². The summed E-state index contributed by atoms with van der Waals surface area (Å²) in [7, 11) is -3.91. The normalized spacial score (nSPS) is 11.4. The fourth-order valence-electron chi connectivity index (χ4n) is 1.94. The summed E-state index contributed by atoms with van der Waals surface area (Å²) in [6.45, 7) is 3.10. The molecule has 0 heterocycles. The average molecular weight is 309 g/mol. The van der Waals surface area contributed by atoms with Gasteiger partial charge in [-0.3, -0.25) is 4.72 Å². The Balaban J connectivity index is 2.43. The number of hydrogen-bond acceptors (Lipinski definition) is 3. The number of aliphatic hydroxyl groups is 1. The van der Waals surface area contributed by atoms with Gasteiger partial charge in [0.15, 0.2) is 0 Å². The highest BCUT2D eigenvalue weighted by Gasteiger charge is 2.19. The zero-order valence-corrected chi connectivity index (χ0v) is 12.5. The molecular formula is C15H16FNO3S. The molecule has 21 heavy (non-hydrogen) atoms. The number of aryl methyl sites for hydroxylation is 2. The Hall–Kier alpha value is -1.92. The molecule has 0 unspecified atom stereocenters. The first-order valence-corrected chi connectivity index (χ1v) is 7.81. The predicted octanol–water partition coefficient (Wildman–Crippen LogP) is 2.74. The van der Waals surface area contributed by atoms with Crippen LogP contribution in [0.3, 0.4) is 0 Å². The molecule has 2 rings (SSSR count). The number of rotatable bonds is 4. The third kappa shape index (κ3) is 3.40. The summed E-state index contributed by atoms with van der Waals surface area (Å²) in [5, 5.41) is 9.11. The fraction of sp³-hybridized carbons (Fsp3) is 0.200. The number of aliphatic hydroxyl groups excluding tert-OH is 1. The first kappa shape index (κ1) is 15.5. The second kappa shape index (κ2) is 5.83. The second-order valence-electron chi connectivity index (χ2n) is 4.85. The number of anilines is 1. The molecule has 2 aromatic carbocycles. The van der Waals surface area contributed by atoms with Gasteiger partial charge in [-0.1, -0.05) is 18.2 Å². The Morgan fingerprint density at radius 1 is 1.14 bits per heavy atom. The van der Waals surface area contributed by atoms with Gasteiger partial charge in [0.05, 0.1) is 17.2 Å². The summed E-state index contributed by atoms with van der Waals surface area (Å²) in [5.74, 6) is -0.630. The minimum atomic E-state index is -3.91. The van der Waals surface area contributed by atoms with E-state index in [2.05, 4.69) is 4.72 Å². The standard InChI is InChI=1S/C15H16FNO3S/c1-10-3-6-14(13(16)7-10)17-21(19,20)15-8-12(9-18)5-4-11(15)2/h3-8,17-18H,9H2,1-2H3. The molecule has 2 aromatic rings. The molecule has 0 saturated carbocycles. The first-order chi connectivity index (χ1) is 9.83. The molecule has 4 nitrogen and oxygen atoms in total. The van der Waals surface area contributed by atoms with Crippen LogP contribution in [-0.2, 0) is 16.6 Å². The van der Waals surface area contributed by atoms with E-state index in [9.17, 15) is 12.8 Å². The lowest BCUT2D eigenvalue weighted by molar-refractivity contribution is 0.281. The van der Waals surface area contributed by atoms with Crippen molar-refractivity contribution >= 4 is 15.7 Å². The third-order valence-corrected chi connectivity index (χ3v) is 4.60. The highest BCUT2D eigenvalue weighted by Crippen LogP contribution is 2.23. The number of sulfonamides is 1. The molecule has 6 heteroatoms. The van der Waals surface area contributed by atoms with Crippen molar-refractivity contribution in [2.45, 2.75) is 25.3 Å². The lowest BCUT2D eigenvalue weighted by Gasteiger charge is -2.12. The summed E-state index contributed by atoms with van der Waals surface area (Å²) in [5.41, 5.74) is 1.60. The Morgan fingerprint density at radius 3 is 2.48 bits per heavy atom. The van der Waals surface area contributed by atoms with Gasteiger partial charge in [0.2, 0.25) is 0 Å². The van der Waals surface area contributed by atoms with Gasteiger partial charge in [-0.25, -0.2) is 12.8 Å². The molecule has 0 saturated heterocycles. The molecule has 0 aromatic heterocycles. The lowest BCUT2D eigenvalue weighted by Crippen LogP contribution is -2.15. The lowest BCUT2D eigenvalue weighted by atomic mass is 10.2. The van der Waals surface area contributed by atoms with Crippen molar-refractivity contribution in [3.63, 3.8) is 0 Å². The van der Waals surface area contributed by atoms with Crippen molar-refractivity contribution in [2.75, 3.05) is 4.72 Å². The SMILES string of the molecule is Cc1ccc(NS(=O)(=O)c2cc(CO)ccc2C)c(F)c1. The van der Waals surface area contributed by atoms with E-state index in [1.165, 1.54) is 18.2 Å². The topological polar surface area (TPSA) is 66.4 Å². The maximum Gasteiger partial charge on any atom is 0.262 e. The van der Waals surface area contributed by atoms with Crippen molar-refractivity contribution < 1.29 is 17.9 Å². The zero-order chi connectivity index (χ0) is 15.6. The zero-order valence-electron chi connectivity index (χ0n) is 11.7. The quantitative estimate of drug-likeness (QED) is 0.912. The molecule has 0 aliphatic heterocycles. The van der Waals surface area contributed by atoms with E-state index in [4.69, 9.17) is 5.11 Å². The molecule has 112 valence electrons. The van der Waals surface area contributed by atoms with Crippen molar-refractivity contribution in [2.24, 2.45) is 0 Å². The van der Waals surface area contributed by atoms with Crippen molar-refractivity contribution in [1.29, 1.82) is 0 Å². The van der Waals surface area contributed by atoms with Crippen molar-refractivity contribution in [3.05, 3.63) is 58.9 Å². The number of hydrogen-bond donors (Lipinski definition) is 2. The van der Waals surface area contributed by atoms with E-state index < -0.39 is 15.8 Å². The molecule has 0 spiro atoms. The van der Waals surface area contributed by atoms with Gasteiger partial charge in [-0.05, 0) is 48.7 Å². The maximum absolute atomic E-state index is 13.8. The molecule has 0 aliphatic rings. The van der Waals surface area contributed by atoms with E-state index in [-0.39, 0.29) is 17.2 Å². The van der Waals surface area contributed by atoms with Crippen molar-refractivity contribution in [1.82, 2.24) is 0 Å². The highest BCUT2D eigenvalue weighted by molar-refractivity contribution is 7.92. The van der Waals surface area contributed by atoms with Crippen LogP contribution >= 0.6 is 0 Å². The number of benzene rings is 2. The van der Waals surface area contributed by atoms with Gasteiger partial charge in [0.1, 0.15) is 5.82 Å². The number of nitrogens with one attached hydrogen (secondary N) is 1. The smallest absolute Gasteiger partial charge is 0.262 e. The molecule has 0 atom stereocenters. The largest absolute Gasteiger partial charge is 0.392 e. The molecule has 0 radical (unpaired) electrons. The first-order valence-electron chi connectivity index (χ1n) is 6.33.